The number of methoxy groups -OCH3 is 1. The molecule has 1 fully saturated rings. The van der Waals surface area contributed by atoms with Gasteiger partial charge in [0.05, 0.1) is 6.61 Å². The molecule has 0 amide bonds. The fraction of sp³-hybridized carbons (Fsp3) is 0.500. The van der Waals surface area contributed by atoms with Crippen molar-refractivity contribution < 1.29 is 9.94 Å². The van der Waals surface area contributed by atoms with Crippen LogP contribution in [0.15, 0.2) is 27.8 Å². The van der Waals surface area contributed by atoms with E-state index in [9.17, 15) is 0 Å². The zero-order chi connectivity index (χ0) is 14.6. The molecule has 0 radical (unpaired) electrons. The molecule has 20 heavy (non-hydrogen) atoms. The van der Waals surface area contributed by atoms with Gasteiger partial charge in [0.15, 0.2) is 0 Å². The van der Waals surface area contributed by atoms with Crippen LogP contribution in [0, 0.1) is 5.41 Å². The summed E-state index contributed by atoms with van der Waals surface area (Å²) in [6.07, 6.45) is 2.83. The molecular weight excluding hydrogens is 322 g/mol. The predicted octanol–water partition coefficient (Wildman–Crippen LogP) is 2.92. The molecule has 0 aromatic heterocycles. The van der Waals surface area contributed by atoms with Gasteiger partial charge >= 0.3 is 0 Å². The molecule has 2 rings (SSSR count). The van der Waals surface area contributed by atoms with Gasteiger partial charge in [0, 0.05) is 35.8 Å². The Morgan fingerprint density at radius 2 is 2.30 bits per heavy atom. The van der Waals surface area contributed by atoms with Crippen molar-refractivity contribution in [3.63, 3.8) is 0 Å². The van der Waals surface area contributed by atoms with Gasteiger partial charge in [-0.15, -0.1) is 0 Å². The fourth-order valence-corrected chi connectivity index (χ4v) is 2.79. The number of halogens is 1. The molecule has 0 unspecified atom stereocenters. The Hall–Kier alpha value is -1.27. The summed E-state index contributed by atoms with van der Waals surface area (Å²) < 4.78 is 6.27. The second kappa shape index (κ2) is 6.45. The van der Waals surface area contributed by atoms with Crippen molar-refractivity contribution in [1.29, 1.82) is 0 Å². The number of benzene rings is 1. The van der Waals surface area contributed by atoms with Crippen LogP contribution in [0.4, 0.5) is 5.69 Å². The Morgan fingerprint density at radius 3 is 2.90 bits per heavy atom. The number of oxime groups is 1. The molecule has 1 saturated carbocycles. The number of nitrogens with one attached hydrogen (secondary N) is 1. The highest BCUT2D eigenvalue weighted by Gasteiger charge is 2.43. The molecule has 0 bridgehead atoms. The third-order valence-corrected chi connectivity index (χ3v) is 4.45. The molecule has 1 aliphatic carbocycles. The van der Waals surface area contributed by atoms with Gasteiger partial charge < -0.3 is 21.0 Å². The van der Waals surface area contributed by atoms with Crippen molar-refractivity contribution in [2.45, 2.75) is 25.9 Å². The highest BCUT2D eigenvalue weighted by molar-refractivity contribution is 9.10. The van der Waals surface area contributed by atoms with E-state index in [4.69, 9.17) is 15.7 Å². The monoisotopic (exact) mass is 341 g/mol. The van der Waals surface area contributed by atoms with E-state index < -0.39 is 0 Å². The molecule has 4 N–H and O–H groups in total. The summed E-state index contributed by atoms with van der Waals surface area (Å²) in [5, 5.41) is 15.2. The van der Waals surface area contributed by atoms with Crippen LogP contribution in [0.3, 0.4) is 0 Å². The normalized spacial score (nSPS) is 17.0. The molecule has 1 aromatic carbocycles. The second-order valence-electron chi connectivity index (χ2n) is 5.32. The first-order valence-corrected chi connectivity index (χ1v) is 7.36. The Kier molecular flexibility index (Phi) is 4.88. The average Bonchev–Trinajstić information content (AvgIpc) is 3.19. The van der Waals surface area contributed by atoms with Gasteiger partial charge in [0.25, 0.3) is 0 Å². The van der Waals surface area contributed by atoms with E-state index in [1.807, 2.05) is 18.2 Å². The van der Waals surface area contributed by atoms with Crippen molar-refractivity contribution in [1.82, 2.24) is 0 Å². The summed E-state index contributed by atoms with van der Waals surface area (Å²) in [6.45, 7) is 1.37. The lowest BCUT2D eigenvalue weighted by Gasteiger charge is -2.18. The van der Waals surface area contributed by atoms with E-state index in [0.29, 0.717) is 18.9 Å². The Bertz CT molecular complexity index is 501. The quantitative estimate of drug-likeness (QED) is 0.308. The fourth-order valence-electron chi connectivity index (χ4n) is 2.31. The number of rotatable bonds is 7. The lowest BCUT2D eigenvalue weighted by Crippen LogP contribution is -2.24. The maximum atomic E-state index is 8.68. The molecule has 5 nitrogen and oxygen atoms in total. The van der Waals surface area contributed by atoms with Gasteiger partial charge in [0.1, 0.15) is 5.84 Å². The zero-order valence-electron chi connectivity index (χ0n) is 11.5. The van der Waals surface area contributed by atoms with Gasteiger partial charge in [-0.05, 0) is 30.4 Å². The molecule has 1 aliphatic rings. The van der Waals surface area contributed by atoms with E-state index >= 15 is 0 Å². The predicted molar refractivity (Wildman–Crippen MR) is 83.0 cm³/mol. The molecule has 0 atom stereocenters. The van der Waals surface area contributed by atoms with Crippen molar-refractivity contribution in [2.75, 3.05) is 19.0 Å². The minimum atomic E-state index is 0.128. The smallest absolute Gasteiger partial charge is 0.139 e. The number of nitrogens with zero attached hydrogens (tertiary/aromatic N) is 1. The van der Waals surface area contributed by atoms with Crippen molar-refractivity contribution in [2.24, 2.45) is 16.3 Å². The summed E-state index contributed by atoms with van der Waals surface area (Å²) in [4.78, 5) is 0. The molecule has 110 valence electrons. The van der Waals surface area contributed by atoms with Crippen LogP contribution in [-0.4, -0.2) is 24.7 Å². The lowest BCUT2D eigenvalue weighted by atomic mass is 10.0. The number of hydrogen-bond donors (Lipinski definition) is 3. The standard InChI is InChI=1S/C14H20BrN3O2/c1-20-8-10-11(15)3-2-4-12(10)17-9-14(5-6-14)7-13(16)18-19/h2-4,17,19H,5-9H2,1H3,(H2,16,18). The third-order valence-electron chi connectivity index (χ3n) is 3.70. The van der Waals surface area contributed by atoms with Gasteiger partial charge in [-0.1, -0.05) is 27.2 Å². The van der Waals surface area contributed by atoms with Gasteiger partial charge in [-0.25, -0.2) is 0 Å². The summed E-state index contributed by atoms with van der Waals surface area (Å²) in [6, 6.07) is 6.04. The summed E-state index contributed by atoms with van der Waals surface area (Å²) in [7, 11) is 1.68. The zero-order valence-corrected chi connectivity index (χ0v) is 13.1. The van der Waals surface area contributed by atoms with Crippen molar-refractivity contribution >= 4 is 27.5 Å². The van der Waals surface area contributed by atoms with Crippen LogP contribution in [0.5, 0.6) is 0 Å². The first-order chi connectivity index (χ1) is 9.60. The molecule has 0 saturated heterocycles. The third kappa shape index (κ3) is 3.64. The average molecular weight is 342 g/mol. The minimum absolute atomic E-state index is 0.128. The summed E-state index contributed by atoms with van der Waals surface area (Å²) in [5.41, 5.74) is 7.91. The van der Waals surface area contributed by atoms with Crippen LogP contribution in [-0.2, 0) is 11.3 Å². The van der Waals surface area contributed by atoms with Crippen molar-refractivity contribution in [3.8, 4) is 0 Å². The first kappa shape index (κ1) is 15.1. The van der Waals surface area contributed by atoms with Crippen molar-refractivity contribution in [3.05, 3.63) is 28.2 Å². The van der Waals surface area contributed by atoms with Gasteiger partial charge in [-0.3, -0.25) is 0 Å². The van der Waals surface area contributed by atoms with Crippen LogP contribution in [0.1, 0.15) is 24.8 Å². The van der Waals surface area contributed by atoms with E-state index in [1.54, 1.807) is 7.11 Å². The summed E-state index contributed by atoms with van der Waals surface area (Å²) >= 11 is 3.54. The molecule has 0 aliphatic heterocycles. The maximum absolute atomic E-state index is 8.68. The van der Waals surface area contributed by atoms with Crippen LogP contribution < -0.4 is 11.1 Å². The minimum Gasteiger partial charge on any atom is -0.409 e. The van der Waals surface area contributed by atoms with E-state index in [1.165, 1.54) is 0 Å². The number of ether oxygens (including phenoxy) is 1. The lowest BCUT2D eigenvalue weighted by molar-refractivity contribution is 0.185. The highest BCUT2D eigenvalue weighted by atomic mass is 79.9. The Balaban J connectivity index is 2.02. The number of amidine groups is 1. The summed E-state index contributed by atoms with van der Waals surface area (Å²) in [5.74, 6) is 0.302. The number of hydrogen-bond acceptors (Lipinski definition) is 4. The van der Waals surface area contributed by atoms with E-state index in [-0.39, 0.29) is 5.41 Å². The van der Waals surface area contributed by atoms with Gasteiger partial charge in [-0.2, -0.15) is 0 Å². The Morgan fingerprint density at radius 1 is 1.55 bits per heavy atom. The Labute approximate surface area is 127 Å². The molecule has 0 spiro atoms. The number of anilines is 1. The SMILES string of the molecule is COCc1c(Br)cccc1NCC1(CC(N)=NO)CC1. The second-order valence-corrected chi connectivity index (χ2v) is 6.17. The first-order valence-electron chi connectivity index (χ1n) is 6.57. The molecule has 6 heteroatoms. The maximum Gasteiger partial charge on any atom is 0.139 e. The molecule has 0 heterocycles. The van der Waals surface area contributed by atoms with E-state index in [0.717, 1.165) is 35.1 Å². The van der Waals surface area contributed by atoms with E-state index in [2.05, 4.69) is 26.4 Å². The van der Waals surface area contributed by atoms with Crippen LogP contribution in [0.2, 0.25) is 0 Å². The van der Waals surface area contributed by atoms with Crippen LogP contribution >= 0.6 is 15.9 Å². The van der Waals surface area contributed by atoms with Gasteiger partial charge in [0.2, 0.25) is 0 Å². The highest BCUT2D eigenvalue weighted by Crippen LogP contribution is 2.48. The topological polar surface area (TPSA) is 79.9 Å². The largest absolute Gasteiger partial charge is 0.409 e. The number of nitrogens with two attached hydrogens (primary N) is 1. The molecule has 1 aromatic rings. The molecular formula is C14H20BrN3O2. The van der Waals surface area contributed by atoms with Crippen LogP contribution in [0.25, 0.3) is 0 Å².